The van der Waals surface area contributed by atoms with Crippen molar-refractivity contribution in [1.82, 2.24) is 25.3 Å². The van der Waals surface area contributed by atoms with Crippen molar-refractivity contribution in [2.24, 2.45) is 0 Å². The molecular weight excluding hydrogens is 384 g/mol. The number of carbonyl (C=O) groups is 1. The van der Waals surface area contributed by atoms with Crippen molar-refractivity contribution in [2.45, 2.75) is 39.2 Å². The minimum Gasteiger partial charge on any atom is -0.346 e. The molecule has 0 aromatic carbocycles. The van der Waals surface area contributed by atoms with Crippen LogP contribution in [0.4, 0.5) is 5.95 Å². The van der Waals surface area contributed by atoms with E-state index < -0.39 is 0 Å². The van der Waals surface area contributed by atoms with Crippen molar-refractivity contribution in [3.8, 4) is 11.4 Å². The molecule has 4 heterocycles. The average molecular weight is 409 g/mol. The maximum atomic E-state index is 12.9. The SMILES string of the molecule is CCc1nc(CNC(=O)c2cnc(N3CCCCC3)nc2-c2ccccn2)cs1. The first-order valence-electron chi connectivity index (χ1n) is 9.99. The van der Waals surface area contributed by atoms with Crippen LogP contribution >= 0.6 is 11.3 Å². The predicted octanol–water partition coefficient (Wildman–Crippen LogP) is 3.48. The third kappa shape index (κ3) is 4.59. The number of thiazole rings is 1. The molecule has 0 bridgehead atoms. The molecule has 0 spiro atoms. The molecule has 3 aromatic rings. The van der Waals surface area contributed by atoms with Crippen molar-refractivity contribution >= 4 is 23.2 Å². The van der Waals surface area contributed by atoms with Crippen LogP contribution in [0.1, 0.15) is 47.2 Å². The quantitative estimate of drug-likeness (QED) is 0.672. The van der Waals surface area contributed by atoms with E-state index in [1.165, 1.54) is 6.42 Å². The minimum absolute atomic E-state index is 0.220. The van der Waals surface area contributed by atoms with Crippen LogP contribution < -0.4 is 10.2 Å². The standard InChI is InChI=1S/C21H24N6OS/c1-2-18-25-15(14-29-18)12-23-20(28)16-13-24-21(27-10-6-3-7-11-27)26-19(16)17-8-4-5-9-22-17/h4-5,8-9,13-14H,2-3,6-7,10-12H2,1H3,(H,23,28). The van der Waals surface area contributed by atoms with Gasteiger partial charge >= 0.3 is 0 Å². The number of nitrogens with one attached hydrogen (secondary N) is 1. The van der Waals surface area contributed by atoms with Crippen molar-refractivity contribution in [2.75, 3.05) is 18.0 Å². The zero-order chi connectivity index (χ0) is 20.1. The van der Waals surface area contributed by atoms with E-state index in [1.807, 2.05) is 23.6 Å². The highest BCUT2D eigenvalue weighted by molar-refractivity contribution is 7.09. The lowest BCUT2D eigenvalue weighted by molar-refractivity contribution is 0.0950. The first kappa shape index (κ1) is 19.4. The number of anilines is 1. The number of nitrogens with zero attached hydrogens (tertiary/aromatic N) is 5. The predicted molar refractivity (Wildman–Crippen MR) is 114 cm³/mol. The molecule has 1 fully saturated rings. The Morgan fingerprint density at radius 2 is 2.03 bits per heavy atom. The number of hydrogen-bond donors (Lipinski definition) is 1. The van der Waals surface area contributed by atoms with Crippen LogP contribution in [0, 0.1) is 0 Å². The summed E-state index contributed by atoms with van der Waals surface area (Å²) in [6, 6.07) is 5.62. The Morgan fingerprint density at radius 1 is 1.17 bits per heavy atom. The summed E-state index contributed by atoms with van der Waals surface area (Å²) in [5, 5.41) is 5.99. The monoisotopic (exact) mass is 408 g/mol. The van der Waals surface area contributed by atoms with Crippen LogP contribution in [0.3, 0.4) is 0 Å². The van der Waals surface area contributed by atoms with Gasteiger partial charge in [-0.2, -0.15) is 0 Å². The largest absolute Gasteiger partial charge is 0.346 e. The molecule has 0 saturated carbocycles. The summed E-state index contributed by atoms with van der Waals surface area (Å²) in [7, 11) is 0. The van der Waals surface area contributed by atoms with Crippen LogP contribution in [0.15, 0.2) is 36.0 Å². The third-order valence-corrected chi connectivity index (χ3v) is 5.94. The molecule has 1 N–H and O–H groups in total. The van der Waals surface area contributed by atoms with Crippen LogP contribution in [0.25, 0.3) is 11.4 Å². The molecule has 29 heavy (non-hydrogen) atoms. The molecule has 8 heteroatoms. The highest BCUT2D eigenvalue weighted by Crippen LogP contribution is 2.23. The molecule has 1 saturated heterocycles. The molecule has 1 aliphatic heterocycles. The first-order chi connectivity index (χ1) is 14.2. The van der Waals surface area contributed by atoms with E-state index >= 15 is 0 Å². The second-order valence-corrected chi connectivity index (χ2v) is 7.91. The van der Waals surface area contributed by atoms with Gasteiger partial charge in [0, 0.05) is 30.9 Å². The van der Waals surface area contributed by atoms with Gasteiger partial charge in [0.05, 0.1) is 28.5 Å². The first-order valence-corrected chi connectivity index (χ1v) is 10.9. The normalized spacial score (nSPS) is 14.0. The number of aromatic nitrogens is 4. The summed E-state index contributed by atoms with van der Waals surface area (Å²) in [5.74, 6) is 0.441. The van der Waals surface area contributed by atoms with Gasteiger partial charge in [-0.1, -0.05) is 13.0 Å². The Balaban J connectivity index is 1.59. The number of pyridine rings is 1. The highest BCUT2D eigenvalue weighted by Gasteiger charge is 2.20. The van der Waals surface area contributed by atoms with Gasteiger partial charge in [-0.15, -0.1) is 11.3 Å². The summed E-state index contributed by atoms with van der Waals surface area (Å²) in [4.78, 5) is 33.2. The Morgan fingerprint density at radius 3 is 2.76 bits per heavy atom. The number of hydrogen-bond acceptors (Lipinski definition) is 7. The van der Waals surface area contributed by atoms with E-state index in [-0.39, 0.29) is 5.91 Å². The Bertz CT molecular complexity index is 968. The molecule has 0 unspecified atom stereocenters. The van der Waals surface area contributed by atoms with E-state index in [1.54, 1.807) is 23.7 Å². The van der Waals surface area contributed by atoms with E-state index in [9.17, 15) is 4.79 Å². The van der Waals surface area contributed by atoms with Gasteiger partial charge in [0.2, 0.25) is 5.95 Å². The molecule has 0 radical (unpaired) electrons. The summed E-state index contributed by atoms with van der Waals surface area (Å²) < 4.78 is 0. The molecule has 1 aliphatic rings. The number of amides is 1. The second-order valence-electron chi connectivity index (χ2n) is 6.96. The van der Waals surface area contributed by atoms with E-state index in [0.29, 0.717) is 29.4 Å². The maximum absolute atomic E-state index is 12.9. The Kier molecular flexibility index (Phi) is 6.09. The average Bonchev–Trinajstić information content (AvgIpc) is 3.26. The zero-order valence-corrected chi connectivity index (χ0v) is 17.3. The van der Waals surface area contributed by atoms with Gasteiger partial charge in [-0.05, 0) is 37.8 Å². The fourth-order valence-corrected chi connectivity index (χ4v) is 4.09. The Hall–Kier alpha value is -2.87. The maximum Gasteiger partial charge on any atom is 0.255 e. The van der Waals surface area contributed by atoms with Gasteiger partial charge in [-0.25, -0.2) is 15.0 Å². The summed E-state index contributed by atoms with van der Waals surface area (Å²) in [5.41, 5.74) is 2.52. The third-order valence-electron chi connectivity index (χ3n) is 4.90. The van der Waals surface area contributed by atoms with Crippen molar-refractivity contribution in [1.29, 1.82) is 0 Å². The number of piperidine rings is 1. The summed E-state index contributed by atoms with van der Waals surface area (Å²) in [6.07, 6.45) is 7.74. The number of carbonyl (C=O) groups excluding carboxylic acids is 1. The number of aryl methyl sites for hydroxylation is 1. The molecule has 150 valence electrons. The van der Waals surface area contributed by atoms with Crippen LogP contribution in [0.5, 0.6) is 0 Å². The topological polar surface area (TPSA) is 83.9 Å². The van der Waals surface area contributed by atoms with Gasteiger partial charge in [-0.3, -0.25) is 9.78 Å². The van der Waals surface area contributed by atoms with Crippen LogP contribution in [-0.4, -0.2) is 38.9 Å². The van der Waals surface area contributed by atoms with Gasteiger partial charge in [0.1, 0.15) is 5.69 Å². The van der Waals surface area contributed by atoms with Crippen LogP contribution in [-0.2, 0) is 13.0 Å². The van der Waals surface area contributed by atoms with Gasteiger partial charge in [0.25, 0.3) is 5.91 Å². The lowest BCUT2D eigenvalue weighted by Gasteiger charge is -2.27. The smallest absolute Gasteiger partial charge is 0.255 e. The summed E-state index contributed by atoms with van der Waals surface area (Å²) in [6.45, 7) is 4.33. The van der Waals surface area contributed by atoms with Gasteiger partial charge < -0.3 is 10.2 Å². The molecule has 3 aromatic heterocycles. The fourth-order valence-electron chi connectivity index (χ4n) is 3.34. The van der Waals surface area contributed by atoms with Crippen molar-refractivity contribution in [3.63, 3.8) is 0 Å². The molecule has 7 nitrogen and oxygen atoms in total. The minimum atomic E-state index is -0.220. The molecule has 4 rings (SSSR count). The van der Waals surface area contributed by atoms with E-state index in [2.05, 4.69) is 32.1 Å². The Labute approximate surface area is 174 Å². The fraction of sp³-hybridized carbons (Fsp3) is 0.381. The van der Waals surface area contributed by atoms with Crippen LogP contribution in [0.2, 0.25) is 0 Å². The van der Waals surface area contributed by atoms with Crippen molar-refractivity contribution < 1.29 is 4.79 Å². The second kappa shape index (κ2) is 9.09. The van der Waals surface area contributed by atoms with Crippen molar-refractivity contribution in [3.05, 3.63) is 52.2 Å². The zero-order valence-electron chi connectivity index (χ0n) is 16.5. The van der Waals surface area contributed by atoms with E-state index in [0.717, 1.165) is 43.1 Å². The molecule has 1 amide bonds. The summed E-state index contributed by atoms with van der Waals surface area (Å²) >= 11 is 1.61. The van der Waals surface area contributed by atoms with E-state index in [4.69, 9.17) is 4.98 Å². The number of rotatable bonds is 6. The lowest BCUT2D eigenvalue weighted by atomic mass is 10.1. The van der Waals surface area contributed by atoms with Gasteiger partial charge in [0.15, 0.2) is 0 Å². The lowest BCUT2D eigenvalue weighted by Crippen LogP contribution is -2.31. The highest BCUT2D eigenvalue weighted by atomic mass is 32.1. The molecule has 0 aliphatic carbocycles. The molecular formula is C21H24N6OS. The molecule has 0 atom stereocenters.